The first kappa shape index (κ1) is 16.5. The molecule has 2 aromatic carbocycles. The van der Waals surface area contributed by atoms with E-state index in [2.05, 4.69) is 10.2 Å². The summed E-state index contributed by atoms with van der Waals surface area (Å²) in [5.41, 5.74) is 1.72. The normalized spacial score (nSPS) is 16.4. The molecule has 1 aliphatic rings. The quantitative estimate of drug-likeness (QED) is 0.918. The molecule has 1 amide bonds. The number of nitrogens with one attached hydrogen (secondary N) is 1. The topological polar surface area (TPSA) is 50.8 Å². The molecule has 0 radical (unpaired) electrons. The summed E-state index contributed by atoms with van der Waals surface area (Å²) in [6.07, 6.45) is 0. The fraction of sp³-hybridized carbons (Fsp3) is 0.316. The van der Waals surface area contributed by atoms with Crippen LogP contribution in [0, 0.1) is 0 Å². The predicted molar refractivity (Wildman–Crippen MR) is 93.2 cm³/mol. The smallest absolute Gasteiger partial charge is 0.246 e. The zero-order valence-electron chi connectivity index (χ0n) is 13.8. The fourth-order valence-electron chi connectivity index (χ4n) is 2.91. The molecule has 1 aliphatic heterocycles. The molecule has 1 N–H and O–H groups in total. The lowest BCUT2D eigenvalue weighted by Crippen LogP contribution is -2.43. The standard InChI is InChI=1S/C19H22N2O3/c1-23-17-9-5-8-16(14-17)20-19(22)18(15-6-3-2-4-7-15)21-10-12-24-13-11-21/h2-9,14,18H,10-13H2,1H3,(H,20,22)/t18-/m0/s1. The van der Waals surface area contributed by atoms with Crippen LogP contribution in [0.2, 0.25) is 0 Å². The van der Waals surface area contributed by atoms with E-state index in [0.717, 1.165) is 30.1 Å². The minimum Gasteiger partial charge on any atom is -0.497 e. The third-order valence-electron chi connectivity index (χ3n) is 4.11. The maximum absolute atomic E-state index is 13.0. The molecule has 0 aliphatic carbocycles. The average molecular weight is 326 g/mol. The number of nitrogens with zero attached hydrogens (tertiary/aromatic N) is 1. The van der Waals surface area contributed by atoms with Crippen LogP contribution in [-0.2, 0) is 9.53 Å². The van der Waals surface area contributed by atoms with Crippen LogP contribution in [0.25, 0.3) is 0 Å². The maximum atomic E-state index is 13.0. The van der Waals surface area contributed by atoms with Crippen LogP contribution in [-0.4, -0.2) is 44.2 Å². The van der Waals surface area contributed by atoms with E-state index in [-0.39, 0.29) is 11.9 Å². The van der Waals surface area contributed by atoms with E-state index < -0.39 is 0 Å². The number of rotatable bonds is 5. The van der Waals surface area contributed by atoms with Crippen LogP contribution in [0.5, 0.6) is 5.75 Å². The number of amides is 1. The van der Waals surface area contributed by atoms with Gasteiger partial charge in [0.05, 0.1) is 20.3 Å². The minimum absolute atomic E-state index is 0.0450. The predicted octanol–water partition coefficient (Wildman–Crippen LogP) is 2.71. The second-order valence-electron chi connectivity index (χ2n) is 5.68. The third kappa shape index (κ3) is 3.93. The molecule has 0 bridgehead atoms. The van der Waals surface area contributed by atoms with Gasteiger partial charge in [0.1, 0.15) is 11.8 Å². The monoisotopic (exact) mass is 326 g/mol. The molecule has 0 unspecified atom stereocenters. The SMILES string of the molecule is COc1cccc(NC(=O)[C@H](c2ccccc2)N2CCOCC2)c1. The van der Waals surface area contributed by atoms with Gasteiger partial charge in [-0.2, -0.15) is 0 Å². The van der Waals surface area contributed by atoms with Gasteiger partial charge >= 0.3 is 0 Å². The number of carbonyl (C=O) groups is 1. The lowest BCUT2D eigenvalue weighted by molar-refractivity contribution is -0.123. The summed E-state index contributed by atoms with van der Waals surface area (Å²) in [7, 11) is 1.61. The van der Waals surface area contributed by atoms with Gasteiger partial charge < -0.3 is 14.8 Å². The van der Waals surface area contributed by atoms with E-state index in [4.69, 9.17) is 9.47 Å². The molecular formula is C19H22N2O3. The van der Waals surface area contributed by atoms with Crippen molar-refractivity contribution in [3.05, 3.63) is 60.2 Å². The highest BCUT2D eigenvalue weighted by Crippen LogP contribution is 2.25. The van der Waals surface area contributed by atoms with E-state index in [1.54, 1.807) is 7.11 Å². The van der Waals surface area contributed by atoms with Gasteiger partial charge in [-0.25, -0.2) is 0 Å². The second kappa shape index (κ2) is 7.95. The lowest BCUT2D eigenvalue weighted by atomic mass is 10.0. The molecule has 2 aromatic rings. The Morgan fingerprint density at radius 3 is 2.58 bits per heavy atom. The molecule has 1 fully saturated rings. The summed E-state index contributed by atoms with van der Waals surface area (Å²) in [4.78, 5) is 15.1. The molecule has 1 heterocycles. The lowest BCUT2D eigenvalue weighted by Gasteiger charge is -2.33. The van der Waals surface area contributed by atoms with Crippen LogP contribution < -0.4 is 10.1 Å². The fourth-order valence-corrected chi connectivity index (χ4v) is 2.91. The first-order chi connectivity index (χ1) is 11.8. The zero-order valence-corrected chi connectivity index (χ0v) is 13.8. The van der Waals surface area contributed by atoms with E-state index in [9.17, 15) is 4.79 Å². The van der Waals surface area contributed by atoms with Gasteiger partial charge in [0.2, 0.25) is 5.91 Å². The summed E-state index contributed by atoms with van der Waals surface area (Å²) in [6.45, 7) is 2.78. The summed E-state index contributed by atoms with van der Waals surface area (Å²) < 4.78 is 10.6. The number of benzene rings is 2. The molecule has 0 spiro atoms. The number of ether oxygens (including phenoxy) is 2. The first-order valence-corrected chi connectivity index (χ1v) is 8.09. The van der Waals surface area contributed by atoms with Gasteiger partial charge in [-0.1, -0.05) is 36.4 Å². The summed E-state index contributed by atoms with van der Waals surface area (Å²) in [6, 6.07) is 16.9. The Hall–Kier alpha value is -2.37. The summed E-state index contributed by atoms with van der Waals surface area (Å²) >= 11 is 0. The molecular weight excluding hydrogens is 304 g/mol. The summed E-state index contributed by atoms with van der Waals surface area (Å²) in [5.74, 6) is 0.673. The molecule has 24 heavy (non-hydrogen) atoms. The molecule has 1 saturated heterocycles. The Kier molecular flexibility index (Phi) is 5.46. The van der Waals surface area contributed by atoms with Crippen molar-refractivity contribution in [1.29, 1.82) is 0 Å². The van der Waals surface area contributed by atoms with Gasteiger partial charge in [0.25, 0.3) is 0 Å². The van der Waals surface area contributed by atoms with E-state index in [1.165, 1.54) is 0 Å². The van der Waals surface area contributed by atoms with Gasteiger partial charge in [0.15, 0.2) is 0 Å². The molecule has 3 rings (SSSR count). The average Bonchev–Trinajstić information content (AvgIpc) is 2.64. The highest BCUT2D eigenvalue weighted by molar-refractivity contribution is 5.95. The Balaban J connectivity index is 1.82. The Labute approximate surface area is 142 Å². The van der Waals surface area contributed by atoms with E-state index in [0.29, 0.717) is 13.2 Å². The van der Waals surface area contributed by atoms with Gasteiger partial charge in [-0.15, -0.1) is 0 Å². The van der Waals surface area contributed by atoms with Gasteiger partial charge in [-0.3, -0.25) is 9.69 Å². The van der Waals surface area contributed by atoms with Crippen LogP contribution in [0.3, 0.4) is 0 Å². The molecule has 126 valence electrons. The molecule has 5 heteroatoms. The minimum atomic E-state index is -0.332. The number of methoxy groups -OCH3 is 1. The van der Waals surface area contributed by atoms with Crippen molar-refractivity contribution in [3.63, 3.8) is 0 Å². The van der Waals surface area contributed by atoms with Crippen molar-refractivity contribution in [2.45, 2.75) is 6.04 Å². The van der Waals surface area contributed by atoms with Gasteiger partial charge in [-0.05, 0) is 17.7 Å². The Morgan fingerprint density at radius 2 is 1.88 bits per heavy atom. The van der Waals surface area contributed by atoms with E-state index >= 15 is 0 Å². The van der Waals surface area contributed by atoms with Crippen LogP contribution in [0.15, 0.2) is 54.6 Å². The van der Waals surface area contributed by atoms with Crippen molar-refractivity contribution in [1.82, 2.24) is 4.90 Å². The largest absolute Gasteiger partial charge is 0.497 e. The maximum Gasteiger partial charge on any atom is 0.246 e. The van der Waals surface area contributed by atoms with Gasteiger partial charge in [0, 0.05) is 24.8 Å². The highest BCUT2D eigenvalue weighted by atomic mass is 16.5. The molecule has 0 aromatic heterocycles. The Morgan fingerprint density at radius 1 is 1.12 bits per heavy atom. The van der Waals surface area contributed by atoms with Crippen LogP contribution >= 0.6 is 0 Å². The van der Waals surface area contributed by atoms with Crippen molar-refractivity contribution < 1.29 is 14.3 Å². The molecule has 5 nitrogen and oxygen atoms in total. The number of hydrogen-bond acceptors (Lipinski definition) is 4. The summed E-state index contributed by atoms with van der Waals surface area (Å²) in [5, 5.41) is 3.01. The third-order valence-corrected chi connectivity index (χ3v) is 4.11. The van der Waals surface area contributed by atoms with Crippen LogP contribution in [0.4, 0.5) is 5.69 Å². The van der Waals surface area contributed by atoms with Crippen molar-refractivity contribution >= 4 is 11.6 Å². The molecule has 1 atom stereocenters. The second-order valence-corrected chi connectivity index (χ2v) is 5.68. The van der Waals surface area contributed by atoms with Crippen LogP contribution in [0.1, 0.15) is 11.6 Å². The number of carbonyl (C=O) groups excluding carboxylic acids is 1. The number of morpholine rings is 1. The van der Waals surface area contributed by atoms with Crippen molar-refractivity contribution in [2.24, 2.45) is 0 Å². The van der Waals surface area contributed by atoms with E-state index in [1.807, 2.05) is 54.6 Å². The number of hydrogen-bond donors (Lipinski definition) is 1. The Bertz CT molecular complexity index is 669. The van der Waals surface area contributed by atoms with Crippen molar-refractivity contribution in [2.75, 3.05) is 38.7 Å². The zero-order chi connectivity index (χ0) is 16.8. The molecule has 0 saturated carbocycles. The van der Waals surface area contributed by atoms with Crippen molar-refractivity contribution in [3.8, 4) is 5.75 Å². The first-order valence-electron chi connectivity index (χ1n) is 8.09. The number of anilines is 1. The highest BCUT2D eigenvalue weighted by Gasteiger charge is 2.29.